The van der Waals surface area contributed by atoms with E-state index in [0.717, 1.165) is 38.5 Å². The van der Waals surface area contributed by atoms with Gasteiger partial charge in [-0.1, -0.05) is 12.8 Å². The maximum atomic E-state index is 12.0. The Balaban J connectivity index is 2.01. The van der Waals surface area contributed by atoms with Gasteiger partial charge in [-0.2, -0.15) is 0 Å². The van der Waals surface area contributed by atoms with E-state index in [-0.39, 0.29) is 10.7 Å². The average molecular weight is 217 g/mol. The molecule has 2 N–H and O–H groups in total. The summed E-state index contributed by atoms with van der Waals surface area (Å²) in [6.07, 6.45) is 5.94. The first-order valence-electron chi connectivity index (χ1n) is 5.50. The summed E-state index contributed by atoms with van der Waals surface area (Å²) in [4.78, 5) is 0. The van der Waals surface area contributed by atoms with Crippen molar-refractivity contribution in [2.75, 3.05) is 12.3 Å². The first-order valence-corrected chi connectivity index (χ1v) is 7.21. The highest BCUT2D eigenvalue weighted by Gasteiger charge is 2.46. The number of hydrogen-bond acceptors (Lipinski definition) is 3. The van der Waals surface area contributed by atoms with Crippen LogP contribution in [0.5, 0.6) is 0 Å². The van der Waals surface area contributed by atoms with Crippen LogP contribution in [0.15, 0.2) is 0 Å². The lowest BCUT2D eigenvalue weighted by atomic mass is 10.1. The van der Waals surface area contributed by atoms with Crippen molar-refractivity contribution in [1.29, 1.82) is 0 Å². The standard InChI is InChI=1S/C10H19NO2S/c11-7-10(5-6-10)8-14(12,13)9-3-1-2-4-9/h9H,1-8,11H2. The molecule has 0 spiro atoms. The van der Waals surface area contributed by atoms with Gasteiger partial charge < -0.3 is 5.73 Å². The summed E-state index contributed by atoms with van der Waals surface area (Å²) in [7, 11) is -2.85. The monoisotopic (exact) mass is 217 g/mol. The van der Waals surface area contributed by atoms with Crippen LogP contribution in [-0.2, 0) is 9.84 Å². The Hall–Kier alpha value is -0.0900. The lowest BCUT2D eigenvalue weighted by Crippen LogP contribution is -2.30. The highest BCUT2D eigenvalue weighted by atomic mass is 32.2. The van der Waals surface area contributed by atoms with Gasteiger partial charge in [-0.3, -0.25) is 0 Å². The Labute approximate surface area is 86.0 Å². The highest BCUT2D eigenvalue weighted by Crippen LogP contribution is 2.46. The van der Waals surface area contributed by atoms with Crippen molar-refractivity contribution in [3.63, 3.8) is 0 Å². The third-order valence-corrected chi connectivity index (χ3v) is 6.21. The van der Waals surface area contributed by atoms with E-state index in [2.05, 4.69) is 0 Å². The van der Waals surface area contributed by atoms with Crippen LogP contribution in [0.3, 0.4) is 0 Å². The number of nitrogens with two attached hydrogens (primary N) is 1. The van der Waals surface area contributed by atoms with E-state index in [9.17, 15) is 8.42 Å². The normalized spacial score (nSPS) is 26.6. The van der Waals surface area contributed by atoms with Crippen LogP contribution in [0, 0.1) is 5.41 Å². The fourth-order valence-corrected chi connectivity index (χ4v) is 4.92. The third kappa shape index (κ3) is 1.96. The van der Waals surface area contributed by atoms with Crippen molar-refractivity contribution in [3.8, 4) is 0 Å². The van der Waals surface area contributed by atoms with Crippen molar-refractivity contribution in [2.45, 2.75) is 43.8 Å². The SMILES string of the molecule is NCC1(CS(=O)(=O)C2CCCC2)CC1. The molecule has 2 saturated carbocycles. The minimum absolute atomic E-state index is 0.0264. The van der Waals surface area contributed by atoms with Gasteiger partial charge in [-0.05, 0) is 37.6 Å². The van der Waals surface area contributed by atoms with E-state index in [0.29, 0.717) is 12.3 Å². The van der Waals surface area contributed by atoms with E-state index in [4.69, 9.17) is 5.73 Å². The van der Waals surface area contributed by atoms with Crippen LogP contribution < -0.4 is 5.73 Å². The molecule has 0 aliphatic heterocycles. The molecule has 2 fully saturated rings. The molecule has 0 saturated heterocycles. The van der Waals surface area contributed by atoms with Crippen molar-refractivity contribution >= 4 is 9.84 Å². The van der Waals surface area contributed by atoms with Gasteiger partial charge in [0.05, 0.1) is 11.0 Å². The molecule has 3 nitrogen and oxygen atoms in total. The second kappa shape index (κ2) is 3.49. The molecule has 0 aromatic carbocycles. The van der Waals surface area contributed by atoms with Crippen LogP contribution >= 0.6 is 0 Å². The maximum Gasteiger partial charge on any atom is 0.153 e. The van der Waals surface area contributed by atoms with Crippen LogP contribution in [0.2, 0.25) is 0 Å². The largest absolute Gasteiger partial charge is 0.330 e. The molecule has 0 radical (unpaired) electrons. The van der Waals surface area contributed by atoms with Crippen LogP contribution in [0.25, 0.3) is 0 Å². The second-order valence-corrected chi connectivity index (χ2v) is 7.20. The molecule has 0 heterocycles. The minimum atomic E-state index is -2.85. The molecular formula is C10H19NO2S. The zero-order valence-corrected chi connectivity index (χ0v) is 9.35. The van der Waals surface area contributed by atoms with Gasteiger partial charge in [0.1, 0.15) is 0 Å². The quantitative estimate of drug-likeness (QED) is 0.766. The van der Waals surface area contributed by atoms with E-state index in [1.165, 1.54) is 0 Å². The van der Waals surface area contributed by atoms with Crippen LogP contribution in [0.4, 0.5) is 0 Å². The molecule has 4 heteroatoms. The summed E-state index contributed by atoms with van der Waals surface area (Å²) in [5.74, 6) is 0.348. The van der Waals surface area contributed by atoms with Gasteiger partial charge in [-0.25, -0.2) is 8.42 Å². The Morgan fingerprint density at radius 1 is 1.21 bits per heavy atom. The van der Waals surface area contributed by atoms with Gasteiger partial charge in [0.15, 0.2) is 9.84 Å². The Kier molecular flexibility index (Phi) is 2.60. The number of rotatable bonds is 4. The van der Waals surface area contributed by atoms with Gasteiger partial charge in [0, 0.05) is 0 Å². The topological polar surface area (TPSA) is 60.2 Å². The van der Waals surface area contributed by atoms with Gasteiger partial charge in [0.25, 0.3) is 0 Å². The molecule has 0 amide bonds. The zero-order chi connectivity index (χ0) is 10.2. The summed E-state index contributed by atoms with van der Waals surface area (Å²) in [5, 5.41) is -0.0495. The zero-order valence-electron chi connectivity index (χ0n) is 8.54. The summed E-state index contributed by atoms with van der Waals surface area (Å²) in [6.45, 7) is 0.541. The lowest BCUT2D eigenvalue weighted by molar-refractivity contribution is 0.536. The highest BCUT2D eigenvalue weighted by molar-refractivity contribution is 7.92. The summed E-state index contributed by atoms with van der Waals surface area (Å²) < 4.78 is 24.0. The van der Waals surface area contributed by atoms with E-state index in [1.54, 1.807) is 0 Å². The molecule has 0 unspecified atom stereocenters. The molecule has 14 heavy (non-hydrogen) atoms. The summed E-state index contributed by atoms with van der Waals surface area (Å²) in [6, 6.07) is 0. The molecule has 0 atom stereocenters. The van der Waals surface area contributed by atoms with Crippen molar-refractivity contribution in [1.82, 2.24) is 0 Å². The fraction of sp³-hybridized carbons (Fsp3) is 1.00. The van der Waals surface area contributed by atoms with Gasteiger partial charge in [-0.15, -0.1) is 0 Å². The van der Waals surface area contributed by atoms with Crippen LogP contribution in [-0.4, -0.2) is 26.0 Å². The molecule has 0 aromatic heterocycles. The number of hydrogen-bond donors (Lipinski definition) is 1. The van der Waals surface area contributed by atoms with Crippen LogP contribution in [0.1, 0.15) is 38.5 Å². The van der Waals surface area contributed by atoms with Gasteiger partial charge in [0.2, 0.25) is 0 Å². The third-order valence-electron chi connectivity index (χ3n) is 3.71. The number of sulfone groups is 1. The maximum absolute atomic E-state index is 12.0. The minimum Gasteiger partial charge on any atom is -0.330 e. The average Bonchev–Trinajstić information content (AvgIpc) is 2.70. The van der Waals surface area contributed by atoms with E-state index in [1.807, 2.05) is 0 Å². The molecule has 2 aliphatic carbocycles. The molecule has 82 valence electrons. The Morgan fingerprint density at radius 2 is 1.79 bits per heavy atom. The van der Waals surface area contributed by atoms with Crippen molar-refractivity contribution in [2.24, 2.45) is 11.1 Å². The van der Waals surface area contributed by atoms with Crippen molar-refractivity contribution < 1.29 is 8.42 Å². The smallest absolute Gasteiger partial charge is 0.153 e. The molecule has 2 aliphatic rings. The van der Waals surface area contributed by atoms with Gasteiger partial charge >= 0.3 is 0 Å². The predicted octanol–water partition coefficient (Wildman–Crippen LogP) is 1.08. The van der Waals surface area contributed by atoms with Crippen molar-refractivity contribution in [3.05, 3.63) is 0 Å². The fourth-order valence-electron chi connectivity index (χ4n) is 2.38. The second-order valence-electron chi connectivity index (χ2n) is 4.92. The first-order chi connectivity index (χ1) is 6.58. The predicted molar refractivity (Wildman–Crippen MR) is 56.8 cm³/mol. The molecule has 2 rings (SSSR count). The molecule has 0 aromatic rings. The Bertz CT molecular complexity index is 300. The van der Waals surface area contributed by atoms with E-state index < -0.39 is 9.84 Å². The summed E-state index contributed by atoms with van der Waals surface area (Å²) >= 11 is 0. The first kappa shape index (κ1) is 10.4. The Morgan fingerprint density at radius 3 is 2.21 bits per heavy atom. The summed E-state index contributed by atoms with van der Waals surface area (Å²) in [5.41, 5.74) is 5.58. The lowest BCUT2D eigenvalue weighted by Gasteiger charge is -2.16. The molecular weight excluding hydrogens is 198 g/mol. The molecule has 0 bridgehead atoms. The van der Waals surface area contributed by atoms with E-state index >= 15 is 0 Å².